The molecule has 1 fully saturated rings. The van der Waals surface area contributed by atoms with Crippen LogP contribution in [0.1, 0.15) is 24.0 Å². The minimum Gasteiger partial charge on any atom is -0.379 e. The van der Waals surface area contributed by atoms with Crippen LogP contribution in [0.4, 0.5) is 19.0 Å². The number of nitrogens with zero attached hydrogens (tertiary/aromatic N) is 4. The standard InChI is InChI=1S/C30H32F3N5O2S/c31-30(32,33)23-7-3-6-22(20-23)21-34-27(39)11-14-38(13-5-12-37-15-17-40-18-16-37)29-24-8-1-2-9-25(24)35-28(36-29)26-10-4-19-41-26/h1-4,6-10,19-20H,5,11-18,21H2,(H,34,39). The summed E-state index contributed by atoms with van der Waals surface area (Å²) >= 11 is 1.57. The number of hydrogen-bond donors (Lipinski definition) is 1. The van der Waals surface area contributed by atoms with Crippen LogP contribution in [0.25, 0.3) is 21.6 Å². The predicted octanol–water partition coefficient (Wildman–Crippen LogP) is 5.61. The fourth-order valence-electron chi connectivity index (χ4n) is 4.83. The monoisotopic (exact) mass is 583 g/mol. The van der Waals surface area contributed by atoms with Gasteiger partial charge in [0.2, 0.25) is 5.91 Å². The highest BCUT2D eigenvalue weighted by molar-refractivity contribution is 7.13. The second kappa shape index (κ2) is 13.4. The lowest BCUT2D eigenvalue weighted by Crippen LogP contribution is -2.39. The van der Waals surface area contributed by atoms with Crippen LogP contribution < -0.4 is 10.2 Å². The maximum atomic E-state index is 13.1. The van der Waals surface area contributed by atoms with Crippen LogP contribution in [-0.4, -0.2) is 66.7 Å². The molecule has 4 aromatic rings. The van der Waals surface area contributed by atoms with Crippen molar-refractivity contribution in [1.82, 2.24) is 20.2 Å². The zero-order chi connectivity index (χ0) is 28.7. The van der Waals surface area contributed by atoms with Gasteiger partial charge in [0.1, 0.15) is 5.82 Å². The number of para-hydroxylation sites is 1. The Bertz CT molecular complexity index is 1440. The van der Waals surface area contributed by atoms with Gasteiger partial charge in [-0.2, -0.15) is 13.2 Å². The summed E-state index contributed by atoms with van der Waals surface area (Å²) in [5, 5.41) is 5.67. The summed E-state index contributed by atoms with van der Waals surface area (Å²) < 4.78 is 44.7. The first kappa shape index (κ1) is 29.0. The first-order valence-electron chi connectivity index (χ1n) is 13.7. The van der Waals surface area contributed by atoms with E-state index in [-0.39, 0.29) is 18.9 Å². The van der Waals surface area contributed by atoms with Crippen molar-refractivity contribution in [2.75, 3.05) is 50.8 Å². The Morgan fingerprint density at radius 2 is 1.85 bits per heavy atom. The maximum Gasteiger partial charge on any atom is 0.416 e. The molecular formula is C30H32F3N5O2S. The van der Waals surface area contributed by atoms with Crippen LogP contribution in [0.5, 0.6) is 0 Å². The Morgan fingerprint density at radius 3 is 2.63 bits per heavy atom. The van der Waals surface area contributed by atoms with Crippen molar-refractivity contribution in [2.24, 2.45) is 0 Å². The van der Waals surface area contributed by atoms with Gasteiger partial charge in [0, 0.05) is 51.1 Å². The molecule has 1 aliphatic rings. The number of carbonyl (C=O) groups is 1. The molecule has 41 heavy (non-hydrogen) atoms. The van der Waals surface area contributed by atoms with Gasteiger partial charge in [-0.05, 0) is 47.7 Å². The lowest BCUT2D eigenvalue weighted by Gasteiger charge is -2.29. The van der Waals surface area contributed by atoms with E-state index in [1.54, 1.807) is 17.4 Å². The summed E-state index contributed by atoms with van der Waals surface area (Å²) in [6, 6.07) is 16.8. The van der Waals surface area contributed by atoms with Crippen LogP contribution in [0.15, 0.2) is 66.0 Å². The van der Waals surface area contributed by atoms with Crippen molar-refractivity contribution in [2.45, 2.75) is 25.6 Å². The molecule has 0 spiro atoms. The van der Waals surface area contributed by atoms with E-state index < -0.39 is 11.7 Å². The van der Waals surface area contributed by atoms with Crippen molar-refractivity contribution >= 4 is 34.0 Å². The third-order valence-electron chi connectivity index (χ3n) is 6.98. The maximum absolute atomic E-state index is 13.1. The number of ether oxygens (including phenoxy) is 1. The molecule has 0 unspecified atom stereocenters. The molecule has 1 saturated heterocycles. The number of hydrogen-bond acceptors (Lipinski definition) is 7. The topological polar surface area (TPSA) is 70.6 Å². The van der Waals surface area contributed by atoms with Crippen molar-refractivity contribution in [3.05, 3.63) is 77.2 Å². The average molecular weight is 584 g/mol. The Labute approximate surface area is 241 Å². The fraction of sp³-hybridized carbons (Fsp3) is 0.367. The molecule has 1 amide bonds. The van der Waals surface area contributed by atoms with E-state index in [0.29, 0.717) is 24.5 Å². The average Bonchev–Trinajstić information content (AvgIpc) is 3.53. The van der Waals surface area contributed by atoms with Crippen LogP contribution in [-0.2, 0) is 22.3 Å². The molecule has 0 aliphatic carbocycles. The second-order valence-electron chi connectivity index (χ2n) is 9.88. The number of anilines is 1. The van der Waals surface area contributed by atoms with Gasteiger partial charge in [-0.1, -0.05) is 30.3 Å². The van der Waals surface area contributed by atoms with Crippen LogP contribution in [0, 0.1) is 0 Å². The molecule has 1 N–H and O–H groups in total. The van der Waals surface area contributed by atoms with E-state index in [2.05, 4.69) is 15.1 Å². The van der Waals surface area contributed by atoms with E-state index >= 15 is 0 Å². The highest BCUT2D eigenvalue weighted by Crippen LogP contribution is 2.31. The van der Waals surface area contributed by atoms with Gasteiger partial charge in [-0.15, -0.1) is 11.3 Å². The molecule has 0 radical (unpaired) electrons. The molecule has 0 saturated carbocycles. The third kappa shape index (κ3) is 7.81. The molecular weight excluding hydrogens is 551 g/mol. The van der Waals surface area contributed by atoms with Gasteiger partial charge in [0.15, 0.2) is 5.82 Å². The lowest BCUT2D eigenvalue weighted by molar-refractivity contribution is -0.137. The summed E-state index contributed by atoms with van der Waals surface area (Å²) in [6.45, 7) is 5.29. The SMILES string of the molecule is O=C(CCN(CCCN1CCOCC1)c1nc(-c2cccs2)nc2ccccc12)NCc1cccc(C(F)(F)F)c1. The number of thiophene rings is 1. The number of nitrogens with one attached hydrogen (secondary N) is 1. The number of halogens is 3. The van der Waals surface area contributed by atoms with E-state index in [9.17, 15) is 18.0 Å². The molecule has 216 valence electrons. The number of morpholine rings is 1. The number of aromatic nitrogens is 2. The second-order valence-corrected chi connectivity index (χ2v) is 10.8. The zero-order valence-corrected chi connectivity index (χ0v) is 23.4. The number of alkyl halides is 3. The van der Waals surface area contributed by atoms with E-state index in [1.165, 1.54) is 6.07 Å². The molecule has 5 rings (SSSR count). The zero-order valence-electron chi connectivity index (χ0n) is 22.6. The molecule has 7 nitrogen and oxygen atoms in total. The van der Waals surface area contributed by atoms with Gasteiger partial charge in [0.05, 0.1) is 29.2 Å². The highest BCUT2D eigenvalue weighted by Gasteiger charge is 2.30. The van der Waals surface area contributed by atoms with Crippen LogP contribution in [0.2, 0.25) is 0 Å². The predicted molar refractivity (Wildman–Crippen MR) is 155 cm³/mol. The van der Waals surface area contributed by atoms with Gasteiger partial charge >= 0.3 is 6.18 Å². The molecule has 2 aromatic carbocycles. The number of rotatable bonds is 11. The summed E-state index contributed by atoms with van der Waals surface area (Å²) in [6.07, 6.45) is -3.38. The normalized spacial score (nSPS) is 14.3. The highest BCUT2D eigenvalue weighted by atomic mass is 32.1. The Hall–Kier alpha value is -3.54. The van der Waals surface area contributed by atoms with Gasteiger partial charge < -0.3 is 15.0 Å². The number of amides is 1. The van der Waals surface area contributed by atoms with E-state index in [1.807, 2.05) is 41.8 Å². The Kier molecular flexibility index (Phi) is 9.48. The molecule has 11 heteroatoms. The van der Waals surface area contributed by atoms with E-state index in [4.69, 9.17) is 14.7 Å². The minimum atomic E-state index is -4.43. The molecule has 0 atom stereocenters. The van der Waals surface area contributed by atoms with Crippen LogP contribution in [0.3, 0.4) is 0 Å². The summed E-state index contributed by atoms with van der Waals surface area (Å²) in [4.78, 5) is 28.1. The Morgan fingerprint density at radius 1 is 1.02 bits per heavy atom. The van der Waals surface area contributed by atoms with Crippen molar-refractivity contribution in [3.8, 4) is 10.7 Å². The minimum absolute atomic E-state index is 0.0265. The smallest absolute Gasteiger partial charge is 0.379 e. The molecule has 2 aromatic heterocycles. The molecule has 0 bridgehead atoms. The molecule has 3 heterocycles. The fourth-order valence-corrected chi connectivity index (χ4v) is 5.49. The number of carbonyl (C=O) groups excluding carboxylic acids is 1. The summed E-state index contributed by atoms with van der Waals surface area (Å²) in [5.74, 6) is 1.17. The van der Waals surface area contributed by atoms with Gasteiger partial charge in [-0.3, -0.25) is 9.69 Å². The quantitative estimate of drug-likeness (QED) is 0.248. The first-order valence-corrected chi connectivity index (χ1v) is 14.5. The van der Waals surface area contributed by atoms with Gasteiger partial charge in [0.25, 0.3) is 0 Å². The van der Waals surface area contributed by atoms with Crippen molar-refractivity contribution < 1.29 is 22.7 Å². The van der Waals surface area contributed by atoms with Crippen molar-refractivity contribution in [1.29, 1.82) is 0 Å². The third-order valence-corrected chi connectivity index (χ3v) is 7.85. The number of fused-ring (bicyclic) bond motifs is 1. The Balaban J connectivity index is 1.32. The van der Waals surface area contributed by atoms with E-state index in [0.717, 1.165) is 73.0 Å². The summed E-state index contributed by atoms with van der Waals surface area (Å²) in [5.41, 5.74) is 0.499. The largest absolute Gasteiger partial charge is 0.416 e. The molecule has 1 aliphatic heterocycles. The van der Waals surface area contributed by atoms with Gasteiger partial charge in [-0.25, -0.2) is 9.97 Å². The lowest BCUT2D eigenvalue weighted by atomic mass is 10.1. The van der Waals surface area contributed by atoms with Crippen LogP contribution >= 0.6 is 11.3 Å². The van der Waals surface area contributed by atoms with Crippen molar-refractivity contribution in [3.63, 3.8) is 0 Å². The first-order chi connectivity index (χ1) is 19.9. The number of benzene rings is 2. The summed E-state index contributed by atoms with van der Waals surface area (Å²) in [7, 11) is 0.